The second kappa shape index (κ2) is 6.32. The molecule has 120 valence electrons. The van der Waals surface area contributed by atoms with Gasteiger partial charge >= 0.3 is 0 Å². The molecule has 1 aromatic rings. The van der Waals surface area contributed by atoms with Crippen molar-refractivity contribution in [3.05, 3.63) is 51.7 Å². The number of fused-ring (bicyclic) bond motifs is 1. The van der Waals surface area contributed by atoms with Crippen molar-refractivity contribution in [3.8, 4) is 0 Å². The number of carbonyl (C=O) groups is 2. The lowest BCUT2D eigenvalue weighted by Crippen LogP contribution is -2.40. The Morgan fingerprint density at radius 2 is 1.65 bits per heavy atom. The van der Waals surface area contributed by atoms with Gasteiger partial charge in [0.1, 0.15) is 11.4 Å². The summed E-state index contributed by atoms with van der Waals surface area (Å²) in [5, 5.41) is 6.98. The summed E-state index contributed by atoms with van der Waals surface area (Å²) in [6.45, 7) is 0. The van der Waals surface area contributed by atoms with Gasteiger partial charge in [0, 0.05) is 24.2 Å². The van der Waals surface area contributed by atoms with Crippen LogP contribution in [0.15, 0.2) is 40.9 Å². The van der Waals surface area contributed by atoms with E-state index in [0.717, 1.165) is 30.7 Å². The van der Waals surface area contributed by atoms with Gasteiger partial charge in [-0.05, 0) is 12.8 Å². The van der Waals surface area contributed by atoms with E-state index in [2.05, 4.69) is 10.6 Å². The molecule has 1 N–H and O–H groups in total. The number of nitroso groups, excluding NO2 is 1. The fourth-order valence-corrected chi connectivity index (χ4v) is 3.30. The molecule has 3 rings (SSSR count). The van der Waals surface area contributed by atoms with E-state index in [0.29, 0.717) is 11.1 Å². The van der Waals surface area contributed by atoms with Crippen LogP contribution in [0.5, 0.6) is 0 Å². The van der Waals surface area contributed by atoms with Crippen LogP contribution in [-0.2, 0) is 0 Å². The molecule has 0 atom stereocenters. The van der Waals surface area contributed by atoms with E-state index < -0.39 is 0 Å². The smallest absolute Gasteiger partial charge is 0.214 e. The summed E-state index contributed by atoms with van der Waals surface area (Å²) in [6, 6.07) is 6.83. The summed E-state index contributed by atoms with van der Waals surface area (Å²) in [5.41, 5.74) is 0.924. The second-order valence-electron chi connectivity index (χ2n) is 6.01. The van der Waals surface area contributed by atoms with Gasteiger partial charge in [0.15, 0.2) is 0 Å². The number of nitrogens with one attached hydrogen (secondary N) is 1. The molecular weight excluding hydrogens is 294 g/mol. The van der Waals surface area contributed by atoms with Crippen LogP contribution in [0.4, 0.5) is 0 Å². The van der Waals surface area contributed by atoms with E-state index in [9.17, 15) is 14.5 Å². The maximum atomic E-state index is 12.8. The predicted octanol–water partition coefficient (Wildman–Crippen LogP) is 2.81. The first-order valence-electron chi connectivity index (χ1n) is 7.89. The number of likely N-dealkylation sites (N-methyl/N-ethyl adjacent to an activating group) is 1. The number of nitrogens with zero attached hydrogens (tertiary/aromatic N) is 2. The number of hydrogen-bond acceptors (Lipinski definition) is 5. The lowest BCUT2D eigenvalue weighted by Gasteiger charge is -2.29. The van der Waals surface area contributed by atoms with Crippen molar-refractivity contribution < 1.29 is 9.59 Å². The van der Waals surface area contributed by atoms with Gasteiger partial charge < -0.3 is 5.32 Å². The molecular formula is C17H19N3O3. The molecule has 2 aliphatic rings. The average Bonchev–Trinajstić information content (AvgIpc) is 2.60. The molecule has 1 saturated carbocycles. The first-order valence-corrected chi connectivity index (χ1v) is 7.89. The summed E-state index contributed by atoms with van der Waals surface area (Å²) in [5.74, 6) is -0.600. The third-order valence-electron chi connectivity index (χ3n) is 4.49. The molecule has 1 aromatic carbocycles. The van der Waals surface area contributed by atoms with Crippen LogP contribution in [0.2, 0.25) is 0 Å². The zero-order chi connectivity index (χ0) is 16.4. The van der Waals surface area contributed by atoms with Crippen LogP contribution in [0, 0.1) is 4.91 Å². The molecule has 0 aliphatic heterocycles. The summed E-state index contributed by atoms with van der Waals surface area (Å²) in [6.07, 6.45) is 5.30. The molecule has 0 aromatic heterocycles. The van der Waals surface area contributed by atoms with Crippen molar-refractivity contribution in [2.45, 2.75) is 38.1 Å². The van der Waals surface area contributed by atoms with Gasteiger partial charge in [-0.3, -0.25) is 9.59 Å². The van der Waals surface area contributed by atoms with Crippen LogP contribution in [0.25, 0.3) is 0 Å². The van der Waals surface area contributed by atoms with Crippen LogP contribution >= 0.6 is 0 Å². The third kappa shape index (κ3) is 2.76. The second-order valence-corrected chi connectivity index (χ2v) is 6.01. The van der Waals surface area contributed by atoms with Gasteiger partial charge in [0.2, 0.25) is 11.6 Å². The third-order valence-corrected chi connectivity index (χ3v) is 4.49. The van der Waals surface area contributed by atoms with Gasteiger partial charge in [-0.25, -0.2) is 5.01 Å². The molecule has 0 amide bonds. The summed E-state index contributed by atoms with van der Waals surface area (Å²) in [7, 11) is 1.39. The zero-order valence-corrected chi connectivity index (χ0v) is 13.0. The van der Waals surface area contributed by atoms with Crippen LogP contribution < -0.4 is 5.32 Å². The SMILES string of the molecule is CN(N=O)C1=C(NC2CCCCC2)C(=O)c2ccccc2C1=O. The molecule has 6 heteroatoms. The van der Waals surface area contributed by atoms with Crippen LogP contribution in [0.1, 0.15) is 52.8 Å². The topological polar surface area (TPSA) is 78.8 Å². The van der Waals surface area contributed by atoms with Crippen molar-refractivity contribution in [2.75, 3.05) is 7.05 Å². The lowest BCUT2D eigenvalue weighted by atomic mass is 9.88. The number of hydrogen-bond donors (Lipinski definition) is 1. The molecule has 0 spiro atoms. The number of ketones is 2. The Hall–Kier alpha value is -2.50. The highest BCUT2D eigenvalue weighted by atomic mass is 16.3. The summed E-state index contributed by atoms with van der Waals surface area (Å²) >= 11 is 0. The summed E-state index contributed by atoms with van der Waals surface area (Å²) < 4.78 is 0. The monoisotopic (exact) mass is 313 g/mol. The van der Waals surface area contributed by atoms with E-state index in [1.54, 1.807) is 24.3 Å². The first kappa shape index (κ1) is 15.4. The summed E-state index contributed by atoms with van der Waals surface area (Å²) in [4.78, 5) is 36.5. The van der Waals surface area contributed by atoms with Gasteiger partial charge in [-0.15, -0.1) is 4.91 Å². The van der Waals surface area contributed by atoms with E-state index >= 15 is 0 Å². The van der Waals surface area contributed by atoms with Crippen molar-refractivity contribution in [2.24, 2.45) is 5.29 Å². The average molecular weight is 313 g/mol. The Morgan fingerprint density at radius 1 is 1.04 bits per heavy atom. The Bertz CT molecular complexity index is 690. The van der Waals surface area contributed by atoms with E-state index in [4.69, 9.17) is 0 Å². The zero-order valence-electron chi connectivity index (χ0n) is 13.0. The van der Waals surface area contributed by atoms with Gasteiger partial charge in [-0.1, -0.05) is 43.5 Å². The molecule has 0 radical (unpaired) electrons. The van der Waals surface area contributed by atoms with Crippen molar-refractivity contribution in [1.29, 1.82) is 0 Å². The molecule has 0 saturated heterocycles. The van der Waals surface area contributed by atoms with Gasteiger partial charge in [-0.2, -0.15) is 0 Å². The Morgan fingerprint density at radius 3 is 2.26 bits per heavy atom. The van der Waals surface area contributed by atoms with Gasteiger partial charge in [0.05, 0.1) is 5.29 Å². The van der Waals surface area contributed by atoms with Crippen molar-refractivity contribution in [1.82, 2.24) is 10.3 Å². The minimum Gasteiger partial charge on any atom is -0.377 e. The standard InChI is InChI=1S/C17H19N3O3/c1-20(19-23)15-14(18-11-7-3-2-4-8-11)16(21)12-9-5-6-10-13(12)17(15)22/h5-6,9-11,18H,2-4,7-8H2,1H3. The Labute approximate surface area is 134 Å². The quantitative estimate of drug-likeness (QED) is 0.683. The minimum atomic E-state index is -0.347. The number of carbonyl (C=O) groups excluding carboxylic acids is 2. The molecule has 6 nitrogen and oxygen atoms in total. The minimum absolute atomic E-state index is 0.0364. The molecule has 1 fully saturated rings. The van der Waals surface area contributed by atoms with Crippen molar-refractivity contribution in [3.63, 3.8) is 0 Å². The largest absolute Gasteiger partial charge is 0.377 e. The number of benzene rings is 1. The first-order chi connectivity index (χ1) is 11.1. The Kier molecular flexibility index (Phi) is 4.23. The normalized spacial score (nSPS) is 18.7. The fraction of sp³-hybridized carbons (Fsp3) is 0.412. The highest BCUT2D eigenvalue weighted by Gasteiger charge is 2.35. The molecule has 0 heterocycles. The number of rotatable bonds is 4. The lowest BCUT2D eigenvalue weighted by molar-refractivity contribution is 0.0938. The van der Waals surface area contributed by atoms with E-state index in [1.165, 1.54) is 13.5 Å². The van der Waals surface area contributed by atoms with Crippen LogP contribution in [0.3, 0.4) is 0 Å². The number of Topliss-reactive ketones (excluding diaryl/α,β-unsaturated/α-hetero) is 2. The van der Waals surface area contributed by atoms with Gasteiger partial charge in [0.25, 0.3) is 0 Å². The van der Waals surface area contributed by atoms with Crippen LogP contribution in [-0.4, -0.2) is 29.7 Å². The van der Waals surface area contributed by atoms with E-state index in [-0.39, 0.29) is 29.0 Å². The Balaban J connectivity index is 2.04. The molecule has 0 unspecified atom stereocenters. The number of allylic oxidation sites excluding steroid dienone is 2. The highest BCUT2D eigenvalue weighted by molar-refractivity contribution is 6.26. The molecule has 0 bridgehead atoms. The molecule has 2 aliphatic carbocycles. The maximum Gasteiger partial charge on any atom is 0.214 e. The van der Waals surface area contributed by atoms with Crippen molar-refractivity contribution >= 4 is 11.6 Å². The van der Waals surface area contributed by atoms with E-state index in [1.807, 2.05) is 0 Å². The fourth-order valence-electron chi connectivity index (χ4n) is 3.30. The predicted molar refractivity (Wildman–Crippen MR) is 85.7 cm³/mol. The maximum absolute atomic E-state index is 12.8. The highest BCUT2D eigenvalue weighted by Crippen LogP contribution is 2.28. The molecule has 23 heavy (non-hydrogen) atoms.